The maximum Gasteiger partial charge on any atom is 0.204 e. The van der Waals surface area contributed by atoms with Crippen molar-refractivity contribution >= 4 is 23.1 Å². The van der Waals surface area contributed by atoms with Crippen molar-refractivity contribution in [2.45, 2.75) is 13.0 Å². The summed E-state index contributed by atoms with van der Waals surface area (Å²) in [6.45, 7) is 5.08. The predicted octanol–water partition coefficient (Wildman–Crippen LogP) is 3.28. The smallest absolute Gasteiger partial charge is 0.204 e. The molecule has 2 aromatic rings. The Morgan fingerprint density at radius 1 is 1.28 bits per heavy atom. The number of hydrogen-bond acceptors (Lipinski definition) is 7. The molecule has 1 aromatic heterocycles. The minimum atomic E-state index is 0.0614. The van der Waals surface area contributed by atoms with Gasteiger partial charge < -0.3 is 24.8 Å². The van der Waals surface area contributed by atoms with E-state index in [9.17, 15) is 0 Å². The topological polar surface area (TPSA) is 88.4 Å². The minimum absolute atomic E-state index is 0.0614. The molecule has 0 aliphatic carbocycles. The van der Waals surface area contributed by atoms with E-state index in [1.54, 1.807) is 31.5 Å². The van der Waals surface area contributed by atoms with Crippen molar-refractivity contribution in [2.75, 3.05) is 38.7 Å². The first kappa shape index (κ1) is 19.8. The maximum atomic E-state index is 9.02. The number of aryl methyl sites for hydroxylation is 1. The lowest BCUT2D eigenvalue weighted by Gasteiger charge is -2.42. The summed E-state index contributed by atoms with van der Waals surface area (Å²) in [5.74, 6) is 2.31. The fourth-order valence-electron chi connectivity index (χ4n) is 3.88. The lowest BCUT2D eigenvalue weighted by molar-refractivity contribution is -0.0828. The first-order valence-electron chi connectivity index (χ1n) is 9.56. The maximum absolute atomic E-state index is 9.02. The van der Waals surface area contributed by atoms with E-state index in [1.165, 1.54) is 0 Å². The van der Waals surface area contributed by atoms with Crippen molar-refractivity contribution in [3.63, 3.8) is 0 Å². The lowest BCUT2D eigenvalue weighted by Crippen LogP contribution is -2.56. The second-order valence-corrected chi connectivity index (χ2v) is 7.79. The van der Waals surface area contributed by atoms with Crippen molar-refractivity contribution in [3.8, 4) is 17.6 Å². The third-order valence-corrected chi connectivity index (χ3v) is 5.69. The van der Waals surface area contributed by atoms with Gasteiger partial charge in [-0.2, -0.15) is 5.26 Å². The number of nitrogens with one attached hydrogen (secondary N) is 2. The van der Waals surface area contributed by atoms with Crippen LogP contribution in [-0.2, 0) is 4.74 Å². The third kappa shape index (κ3) is 3.97. The van der Waals surface area contributed by atoms with Crippen LogP contribution in [0.2, 0.25) is 5.02 Å². The molecule has 152 valence electrons. The van der Waals surface area contributed by atoms with Crippen LogP contribution in [0.3, 0.4) is 0 Å². The molecule has 0 spiro atoms. The zero-order valence-corrected chi connectivity index (χ0v) is 17.1. The number of fused-ring (bicyclic) bond motifs is 2. The molecule has 7 nitrogen and oxygen atoms in total. The highest BCUT2D eigenvalue weighted by Crippen LogP contribution is 2.41. The number of methoxy groups -OCH3 is 1. The molecule has 8 heteroatoms. The summed E-state index contributed by atoms with van der Waals surface area (Å²) >= 11 is 6.31. The van der Waals surface area contributed by atoms with Gasteiger partial charge in [0, 0.05) is 36.7 Å². The number of pyridine rings is 1. The molecule has 3 heterocycles. The fourth-order valence-corrected chi connectivity index (χ4v) is 4.11. The summed E-state index contributed by atoms with van der Waals surface area (Å²) in [6, 6.07) is 7.13. The van der Waals surface area contributed by atoms with E-state index in [1.807, 2.05) is 6.92 Å². The van der Waals surface area contributed by atoms with Gasteiger partial charge >= 0.3 is 0 Å². The average Bonchev–Trinajstić information content (AvgIpc) is 2.71. The molecule has 29 heavy (non-hydrogen) atoms. The van der Waals surface area contributed by atoms with Crippen LogP contribution in [0.1, 0.15) is 11.1 Å². The van der Waals surface area contributed by atoms with Crippen LogP contribution in [0.25, 0.3) is 0 Å². The molecule has 0 saturated carbocycles. The van der Waals surface area contributed by atoms with Gasteiger partial charge in [0.05, 0.1) is 42.7 Å². The number of rotatable bonds is 5. The van der Waals surface area contributed by atoms with Crippen molar-refractivity contribution in [2.24, 2.45) is 11.8 Å². The average molecular weight is 415 g/mol. The molecule has 2 unspecified atom stereocenters. The van der Waals surface area contributed by atoms with Crippen LogP contribution in [0.4, 0.5) is 11.5 Å². The van der Waals surface area contributed by atoms with Gasteiger partial charge in [-0.1, -0.05) is 11.6 Å². The van der Waals surface area contributed by atoms with Gasteiger partial charge in [0.2, 0.25) is 5.75 Å². The van der Waals surface area contributed by atoms with Gasteiger partial charge in [0.25, 0.3) is 0 Å². The van der Waals surface area contributed by atoms with Gasteiger partial charge in [-0.05, 0) is 25.1 Å². The monoisotopic (exact) mass is 414 g/mol. The summed E-state index contributed by atoms with van der Waals surface area (Å²) in [6.07, 6.45) is 1.82. The van der Waals surface area contributed by atoms with Crippen molar-refractivity contribution in [1.82, 2.24) is 10.3 Å². The number of hydrogen-bond donors (Lipinski definition) is 2. The Morgan fingerprint density at radius 3 is 2.69 bits per heavy atom. The molecule has 2 N–H and O–H groups in total. The number of piperidine rings is 1. The molecular weight excluding hydrogens is 392 g/mol. The molecule has 2 aliphatic heterocycles. The van der Waals surface area contributed by atoms with Crippen molar-refractivity contribution in [3.05, 3.63) is 40.5 Å². The van der Waals surface area contributed by atoms with Gasteiger partial charge in [0.15, 0.2) is 11.6 Å². The van der Waals surface area contributed by atoms with Crippen LogP contribution < -0.4 is 20.1 Å². The van der Waals surface area contributed by atoms with Crippen molar-refractivity contribution in [1.29, 1.82) is 5.26 Å². The lowest BCUT2D eigenvalue weighted by atomic mass is 9.85. The van der Waals surface area contributed by atoms with Crippen molar-refractivity contribution < 1.29 is 14.2 Å². The number of nitriles is 1. The van der Waals surface area contributed by atoms with Crippen LogP contribution in [0, 0.1) is 30.1 Å². The molecular formula is C21H23ClN4O3. The van der Waals surface area contributed by atoms with Gasteiger partial charge in [0.1, 0.15) is 6.10 Å². The highest BCUT2D eigenvalue weighted by molar-refractivity contribution is 6.33. The SMILES string of the molecule is COc1c(Nc2ccc(C#N)cc2Cl)ncc(C)c1OC1C2CNCC1COC2. The van der Waals surface area contributed by atoms with E-state index in [0.29, 0.717) is 58.6 Å². The second kappa shape index (κ2) is 8.46. The Kier molecular flexibility index (Phi) is 5.76. The summed E-state index contributed by atoms with van der Waals surface area (Å²) in [7, 11) is 1.60. The number of nitrogens with zero attached hydrogens (tertiary/aromatic N) is 2. The van der Waals surface area contributed by atoms with E-state index >= 15 is 0 Å². The molecule has 2 atom stereocenters. The van der Waals surface area contributed by atoms with Gasteiger partial charge in [-0.15, -0.1) is 0 Å². The van der Waals surface area contributed by atoms with E-state index in [2.05, 4.69) is 21.7 Å². The molecule has 1 aromatic carbocycles. The highest BCUT2D eigenvalue weighted by Gasteiger charge is 2.39. The Labute approximate surface area is 174 Å². The van der Waals surface area contributed by atoms with E-state index in [-0.39, 0.29) is 6.10 Å². The third-order valence-electron chi connectivity index (χ3n) is 5.38. The standard InChI is InChI=1S/C21H23ClN4O3/c1-12-7-25-21(26-17-4-3-13(6-23)5-16(17)22)20(27-2)18(12)29-19-14-8-24-9-15(19)11-28-10-14/h3-5,7,14-15,19,24H,8-11H2,1-2H3,(H,25,26). The zero-order valence-electron chi connectivity index (χ0n) is 16.4. The number of anilines is 2. The van der Waals surface area contributed by atoms with E-state index in [4.69, 9.17) is 31.1 Å². The first-order valence-corrected chi connectivity index (χ1v) is 9.94. The molecule has 2 saturated heterocycles. The van der Waals surface area contributed by atoms with Crippen LogP contribution in [-0.4, -0.2) is 44.5 Å². The quantitative estimate of drug-likeness (QED) is 0.776. The molecule has 4 rings (SSSR count). The Hall–Kier alpha value is -2.53. The molecule has 2 aliphatic rings. The molecule has 2 fully saturated rings. The first-order chi connectivity index (χ1) is 14.1. The van der Waals surface area contributed by atoms with E-state index in [0.717, 1.165) is 18.7 Å². The number of benzene rings is 1. The summed E-state index contributed by atoms with van der Waals surface area (Å²) in [4.78, 5) is 4.48. The summed E-state index contributed by atoms with van der Waals surface area (Å²) in [5.41, 5.74) is 2.03. The van der Waals surface area contributed by atoms with Gasteiger partial charge in [-0.25, -0.2) is 4.98 Å². The molecule has 2 bridgehead atoms. The number of halogens is 1. The largest absolute Gasteiger partial charge is 0.490 e. The minimum Gasteiger partial charge on any atom is -0.490 e. The fraction of sp³-hybridized carbons (Fsp3) is 0.429. The Bertz CT molecular complexity index is 924. The van der Waals surface area contributed by atoms with E-state index < -0.39 is 0 Å². The second-order valence-electron chi connectivity index (χ2n) is 7.38. The van der Waals surface area contributed by atoms with Crippen LogP contribution in [0.5, 0.6) is 11.5 Å². The predicted molar refractivity (Wildman–Crippen MR) is 110 cm³/mol. The normalized spacial score (nSPS) is 23.2. The number of aromatic nitrogens is 1. The van der Waals surface area contributed by atoms with Gasteiger partial charge in [-0.3, -0.25) is 0 Å². The zero-order chi connectivity index (χ0) is 20.4. The highest BCUT2D eigenvalue weighted by atomic mass is 35.5. The summed E-state index contributed by atoms with van der Waals surface area (Å²) < 4.78 is 17.9. The van der Waals surface area contributed by atoms with Crippen LogP contribution >= 0.6 is 11.6 Å². The van der Waals surface area contributed by atoms with Crippen LogP contribution in [0.15, 0.2) is 24.4 Å². The Balaban J connectivity index is 1.64. The summed E-state index contributed by atoms with van der Waals surface area (Å²) in [5, 5.41) is 16.1. The Morgan fingerprint density at radius 2 is 2.03 bits per heavy atom. The molecule has 0 radical (unpaired) electrons. The molecule has 0 amide bonds. The number of ether oxygens (including phenoxy) is 3.